The van der Waals surface area contributed by atoms with E-state index in [0.29, 0.717) is 12.0 Å². The van der Waals surface area contributed by atoms with Crippen molar-refractivity contribution in [2.75, 3.05) is 12.4 Å². The van der Waals surface area contributed by atoms with Crippen LogP contribution in [-0.4, -0.2) is 26.7 Å². The summed E-state index contributed by atoms with van der Waals surface area (Å²) in [5, 5.41) is 0. The van der Waals surface area contributed by atoms with Gasteiger partial charge in [0.2, 0.25) is 10.0 Å². The van der Waals surface area contributed by atoms with E-state index >= 15 is 0 Å². The highest BCUT2D eigenvalue weighted by atomic mass is 32.2. The van der Waals surface area contributed by atoms with Crippen LogP contribution in [0.1, 0.15) is 31.9 Å². The summed E-state index contributed by atoms with van der Waals surface area (Å²) < 4.78 is 30.9. The molecule has 5 nitrogen and oxygen atoms in total. The number of sulfonamides is 1. The zero-order valence-electron chi connectivity index (χ0n) is 11.1. The number of carbonyl (C=O) groups is 1. The van der Waals surface area contributed by atoms with Gasteiger partial charge in [-0.15, -0.1) is 0 Å². The summed E-state index contributed by atoms with van der Waals surface area (Å²) in [5.74, 6) is -0.608. The van der Waals surface area contributed by atoms with Gasteiger partial charge in [-0.25, -0.2) is 13.2 Å². The van der Waals surface area contributed by atoms with Crippen molar-refractivity contribution in [3.63, 3.8) is 0 Å². The lowest BCUT2D eigenvalue weighted by molar-refractivity contribution is -0.145. The van der Waals surface area contributed by atoms with Crippen LogP contribution in [0, 0.1) is 0 Å². The minimum atomic E-state index is -3.49. The third-order valence-electron chi connectivity index (χ3n) is 2.43. The van der Waals surface area contributed by atoms with Gasteiger partial charge in [-0.2, -0.15) is 4.72 Å². The van der Waals surface area contributed by atoms with Crippen molar-refractivity contribution in [3.05, 3.63) is 35.9 Å². The quantitative estimate of drug-likeness (QED) is 0.773. The molecule has 0 unspecified atom stereocenters. The fraction of sp³-hybridized carbons (Fsp3) is 0.462. The number of ether oxygens (including phenoxy) is 1. The Morgan fingerprint density at radius 1 is 1.26 bits per heavy atom. The minimum Gasteiger partial charge on any atom is -0.465 e. The Morgan fingerprint density at radius 3 is 2.42 bits per heavy atom. The SMILES string of the molecule is CCCS(=O)(=O)N[C@H](C(=O)OCC)c1ccccc1. The predicted octanol–water partition coefficient (Wildman–Crippen LogP) is 1.62. The zero-order valence-corrected chi connectivity index (χ0v) is 11.9. The first-order chi connectivity index (χ1) is 9.00. The average molecular weight is 285 g/mol. The van der Waals surface area contributed by atoms with Gasteiger partial charge in [0.25, 0.3) is 0 Å². The van der Waals surface area contributed by atoms with Crippen LogP contribution in [0.25, 0.3) is 0 Å². The molecule has 6 heteroatoms. The smallest absolute Gasteiger partial charge is 0.328 e. The van der Waals surface area contributed by atoms with Crippen LogP contribution in [0.5, 0.6) is 0 Å². The molecule has 0 aliphatic rings. The standard InChI is InChI=1S/C13H19NO4S/c1-3-10-19(16,17)14-12(13(15)18-4-2)11-8-6-5-7-9-11/h5-9,12,14H,3-4,10H2,1-2H3/t12-/m0/s1. The molecule has 0 bridgehead atoms. The Kier molecular flexibility index (Phi) is 5.98. The molecule has 0 radical (unpaired) electrons. The number of hydrogen-bond donors (Lipinski definition) is 1. The van der Waals surface area contributed by atoms with Crippen molar-refractivity contribution < 1.29 is 17.9 Å². The van der Waals surface area contributed by atoms with Crippen molar-refractivity contribution in [3.8, 4) is 0 Å². The van der Waals surface area contributed by atoms with Crippen LogP contribution < -0.4 is 4.72 Å². The molecule has 0 saturated heterocycles. The average Bonchev–Trinajstić information content (AvgIpc) is 2.37. The molecule has 0 aromatic heterocycles. The summed E-state index contributed by atoms with van der Waals surface area (Å²) in [6.45, 7) is 3.65. The Hall–Kier alpha value is -1.40. The van der Waals surface area contributed by atoms with Crippen molar-refractivity contribution in [2.24, 2.45) is 0 Å². The number of benzene rings is 1. The van der Waals surface area contributed by atoms with Gasteiger partial charge in [0, 0.05) is 0 Å². The first-order valence-electron chi connectivity index (χ1n) is 6.21. The van der Waals surface area contributed by atoms with Crippen LogP contribution in [0.15, 0.2) is 30.3 Å². The van der Waals surface area contributed by atoms with Gasteiger partial charge < -0.3 is 4.74 Å². The van der Waals surface area contributed by atoms with Crippen molar-refractivity contribution in [1.29, 1.82) is 0 Å². The monoisotopic (exact) mass is 285 g/mol. The lowest BCUT2D eigenvalue weighted by Gasteiger charge is -2.17. The van der Waals surface area contributed by atoms with Gasteiger partial charge in [-0.05, 0) is 18.9 Å². The van der Waals surface area contributed by atoms with Crippen molar-refractivity contribution in [1.82, 2.24) is 4.72 Å². The fourth-order valence-corrected chi connectivity index (χ4v) is 2.88. The van der Waals surface area contributed by atoms with E-state index in [1.807, 2.05) is 0 Å². The summed E-state index contributed by atoms with van der Waals surface area (Å²) >= 11 is 0. The molecule has 1 atom stereocenters. The van der Waals surface area contributed by atoms with E-state index in [0.717, 1.165) is 0 Å². The summed E-state index contributed by atoms with van der Waals surface area (Å²) in [7, 11) is -3.49. The Labute approximate surface area is 114 Å². The summed E-state index contributed by atoms with van der Waals surface area (Å²) in [4.78, 5) is 11.9. The molecule has 106 valence electrons. The minimum absolute atomic E-state index is 0.0181. The molecule has 0 spiro atoms. The topological polar surface area (TPSA) is 72.5 Å². The molecule has 0 heterocycles. The van der Waals surface area contributed by atoms with Crippen LogP contribution in [0.3, 0.4) is 0 Å². The van der Waals surface area contributed by atoms with E-state index < -0.39 is 22.0 Å². The summed E-state index contributed by atoms with van der Waals surface area (Å²) in [5.41, 5.74) is 0.570. The number of rotatable bonds is 7. The molecule has 1 aromatic carbocycles. The van der Waals surface area contributed by atoms with Crippen molar-refractivity contribution in [2.45, 2.75) is 26.3 Å². The number of carbonyl (C=O) groups excluding carboxylic acids is 1. The summed E-state index contributed by atoms with van der Waals surface area (Å²) in [6, 6.07) is 7.68. The highest BCUT2D eigenvalue weighted by molar-refractivity contribution is 7.89. The largest absolute Gasteiger partial charge is 0.465 e. The second kappa shape index (κ2) is 7.25. The van der Waals surface area contributed by atoms with Gasteiger partial charge >= 0.3 is 5.97 Å². The fourth-order valence-electron chi connectivity index (χ4n) is 1.63. The Bertz CT molecular complexity index is 499. The van der Waals surface area contributed by atoms with E-state index in [2.05, 4.69) is 4.72 Å². The lowest BCUT2D eigenvalue weighted by Crippen LogP contribution is -2.36. The van der Waals surface area contributed by atoms with Crippen LogP contribution in [0.2, 0.25) is 0 Å². The highest BCUT2D eigenvalue weighted by Crippen LogP contribution is 2.16. The maximum absolute atomic E-state index is 11.9. The summed E-state index contributed by atoms with van der Waals surface area (Å²) in [6.07, 6.45) is 0.486. The second-order valence-electron chi connectivity index (χ2n) is 4.03. The van der Waals surface area contributed by atoms with Gasteiger partial charge in [0.05, 0.1) is 12.4 Å². The molecule has 1 rings (SSSR count). The van der Waals surface area contributed by atoms with E-state index in [1.165, 1.54) is 0 Å². The van der Waals surface area contributed by atoms with Crippen molar-refractivity contribution >= 4 is 16.0 Å². The first-order valence-corrected chi connectivity index (χ1v) is 7.87. The molecule has 1 aromatic rings. The number of esters is 1. The number of nitrogens with one attached hydrogen (secondary N) is 1. The lowest BCUT2D eigenvalue weighted by atomic mass is 10.1. The second-order valence-corrected chi connectivity index (χ2v) is 5.91. The third-order valence-corrected chi connectivity index (χ3v) is 3.97. The molecule has 19 heavy (non-hydrogen) atoms. The maximum atomic E-state index is 11.9. The Balaban J connectivity index is 2.97. The maximum Gasteiger partial charge on any atom is 0.328 e. The Morgan fingerprint density at radius 2 is 1.89 bits per heavy atom. The third kappa shape index (κ3) is 5.00. The van der Waals surface area contributed by atoms with Crippen LogP contribution in [0.4, 0.5) is 0 Å². The molecule has 0 fully saturated rings. The molecule has 0 aliphatic heterocycles. The van der Waals surface area contributed by atoms with Gasteiger partial charge in [-0.1, -0.05) is 37.3 Å². The molecular formula is C13H19NO4S. The van der Waals surface area contributed by atoms with Crippen LogP contribution in [-0.2, 0) is 19.6 Å². The highest BCUT2D eigenvalue weighted by Gasteiger charge is 2.26. The molecule has 0 saturated carbocycles. The zero-order chi connectivity index (χ0) is 14.3. The van der Waals surface area contributed by atoms with E-state index in [9.17, 15) is 13.2 Å². The van der Waals surface area contributed by atoms with E-state index in [4.69, 9.17) is 4.74 Å². The molecular weight excluding hydrogens is 266 g/mol. The first kappa shape index (κ1) is 15.7. The number of hydrogen-bond acceptors (Lipinski definition) is 4. The molecule has 1 N–H and O–H groups in total. The van der Waals surface area contributed by atoms with Gasteiger partial charge in [-0.3, -0.25) is 0 Å². The molecule has 0 amide bonds. The van der Waals surface area contributed by atoms with E-state index in [1.54, 1.807) is 44.2 Å². The molecule has 0 aliphatic carbocycles. The predicted molar refractivity (Wildman–Crippen MR) is 73.0 cm³/mol. The normalized spacial score (nSPS) is 12.9. The van der Waals surface area contributed by atoms with Crippen LogP contribution >= 0.6 is 0 Å². The van der Waals surface area contributed by atoms with Gasteiger partial charge in [0.15, 0.2) is 0 Å². The van der Waals surface area contributed by atoms with E-state index in [-0.39, 0.29) is 12.4 Å². The van der Waals surface area contributed by atoms with Gasteiger partial charge in [0.1, 0.15) is 6.04 Å².